The molecule has 1 aromatic carbocycles. The molecule has 0 saturated heterocycles. The van der Waals surface area contributed by atoms with Crippen LogP contribution >= 0.6 is 0 Å². The Morgan fingerprint density at radius 2 is 1.95 bits per heavy atom. The number of rotatable bonds is 4. The number of hydrogen-bond acceptors (Lipinski definition) is 3. The first-order valence-corrected chi connectivity index (χ1v) is 5.78. The van der Waals surface area contributed by atoms with Crippen molar-refractivity contribution in [1.82, 2.24) is 4.98 Å². The molecule has 1 aromatic heterocycles. The van der Waals surface area contributed by atoms with Gasteiger partial charge in [0.2, 0.25) is 5.88 Å². The highest BCUT2D eigenvalue weighted by Crippen LogP contribution is 2.31. The number of aromatic nitrogens is 1. The van der Waals surface area contributed by atoms with Crippen LogP contribution in [0.15, 0.2) is 42.6 Å². The topological polar surface area (TPSA) is 31.4 Å². The van der Waals surface area contributed by atoms with Gasteiger partial charge in [0.15, 0.2) is 0 Å². The summed E-state index contributed by atoms with van der Waals surface area (Å²) in [6.45, 7) is 0.137. The summed E-state index contributed by atoms with van der Waals surface area (Å²) in [6, 6.07) is 8.15. The van der Waals surface area contributed by atoms with Crippen LogP contribution in [0.1, 0.15) is 11.1 Å². The van der Waals surface area contributed by atoms with Gasteiger partial charge in [0.05, 0.1) is 12.7 Å². The van der Waals surface area contributed by atoms with Gasteiger partial charge in [-0.2, -0.15) is 13.2 Å². The Balaban J connectivity index is 2.03. The first-order chi connectivity index (χ1) is 9.49. The summed E-state index contributed by atoms with van der Waals surface area (Å²) in [5, 5.41) is 0. The number of nitrogens with zero attached hydrogens (tertiary/aromatic N) is 1. The molecule has 0 N–H and O–H groups in total. The predicted octanol–water partition coefficient (Wildman–Crippen LogP) is 3.69. The molecule has 0 aliphatic rings. The van der Waals surface area contributed by atoms with Crippen molar-refractivity contribution >= 4 is 0 Å². The minimum Gasteiger partial charge on any atom is -0.489 e. The van der Waals surface area contributed by atoms with Gasteiger partial charge in [0, 0.05) is 17.8 Å². The Bertz CT molecular complexity index is 567. The lowest BCUT2D eigenvalue weighted by molar-refractivity contribution is -0.137. The first kappa shape index (κ1) is 14.2. The first-order valence-electron chi connectivity index (χ1n) is 5.78. The molecule has 0 amide bonds. The summed E-state index contributed by atoms with van der Waals surface area (Å²) in [4.78, 5) is 3.98. The zero-order valence-electron chi connectivity index (χ0n) is 10.6. The molecule has 20 heavy (non-hydrogen) atoms. The quantitative estimate of drug-likeness (QED) is 0.857. The van der Waals surface area contributed by atoms with Gasteiger partial charge >= 0.3 is 6.18 Å². The molecule has 0 saturated carbocycles. The lowest BCUT2D eigenvalue weighted by Crippen LogP contribution is -2.05. The molecule has 0 spiro atoms. The van der Waals surface area contributed by atoms with Gasteiger partial charge in [-0.05, 0) is 24.3 Å². The van der Waals surface area contributed by atoms with Crippen LogP contribution in [0.3, 0.4) is 0 Å². The van der Waals surface area contributed by atoms with Gasteiger partial charge in [0.25, 0.3) is 0 Å². The molecule has 106 valence electrons. The summed E-state index contributed by atoms with van der Waals surface area (Å²) < 4.78 is 47.8. The molecule has 3 nitrogen and oxygen atoms in total. The van der Waals surface area contributed by atoms with E-state index in [1.807, 2.05) is 0 Å². The Hall–Kier alpha value is -2.24. The second kappa shape index (κ2) is 5.81. The Labute approximate surface area is 114 Å². The van der Waals surface area contributed by atoms with E-state index in [4.69, 9.17) is 9.47 Å². The van der Waals surface area contributed by atoms with Crippen molar-refractivity contribution < 1.29 is 22.6 Å². The Morgan fingerprint density at radius 3 is 2.55 bits per heavy atom. The average molecular weight is 283 g/mol. The van der Waals surface area contributed by atoms with Crippen molar-refractivity contribution in [2.24, 2.45) is 0 Å². The highest BCUT2D eigenvalue weighted by molar-refractivity contribution is 5.30. The van der Waals surface area contributed by atoms with Gasteiger partial charge in [-0.15, -0.1) is 0 Å². The van der Waals surface area contributed by atoms with E-state index in [1.165, 1.54) is 19.2 Å². The maximum atomic E-state index is 12.5. The molecule has 0 unspecified atom stereocenters. The van der Waals surface area contributed by atoms with E-state index >= 15 is 0 Å². The molecule has 6 heteroatoms. The standard InChI is InChI=1S/C14H12F3NO2/c1-19-13-6-5-10(8-18-13)9-20-12-4-2-3-11(7-12)14(15,16)17/h2-8H,9H2,1H3. The van der Waals surface area contributed by atoms with Crippen LogP contribution in [-0.2, 0) is 12.8 Å². The Kier molecular flexibility index (Phi) is 4.12. The van der Waals surface area contributed by atoms with Crippen molar-refractivity contribution in [3.63, 3.8) is 0 Å². The van der Waals surface area contributed by atoms with Crippen molar-refractivity contribution in [2.45, 2.75) is 12.8 Å². The molecule has 1 heterocycles. The van der Waals surface area contributed by atoms with Crippen LogP contribution < -0.4 is 9.47 Å². The second-order valence-electron chi connectivity index (χ2n) is 4.02. The summed E-state index contributed by atoms with van der Waals surface area (Å²) in [5.74, 6) is 0.628. The number of halogens is 3. The largest absolute Gasteiger partial charge is 0.489 e. The van der Waals surface area contributed by atoms with Crippen molar-refractivity contribution in [3.8, 4) is 11.6 Å². The molecule has 0 fully saturated rings. The van der Waals surface area contributed by atoms with Crippen LogP contribution in [0.25, 0.3) is 0 Å². The summed E-state index contributed by atoms with van der Waals surface area (Å²) in [6.07, 6.45) is -2.83. The maximum absolute atomic E-state index is 12.5. The molecule has 0 aliphatic heterocycles. The number of benzene rings is 1. The smallest absolute Gasteiger partial charge is 0.416 e. The fourth-order valence-electron chi connectivity index (χ4n) is 1.55. The van der Waals surface area contributed by atoms with E-state index in [0.717, 1.165) is 17.7 Å². The molecule has 0 atom stereocenters. The summed E-state index contributed by atoms with van der Waals surface area (Å²) >= 11 is 0. The van der Waals surface area contributed by atoms with Crippen LogP contribution in [-0.4, -0.2) is 12.1 Å². The van der Waals surface area contributed by atoms with Gasteiger partial charge in [-0.25, -0.2) is 4.98 Å². The van der Waals surface area contributed by atoms with Gasteiger partial charge < -0.3 is 9.47 Å². The Morgan fingerprint density at radius 1 is 1.15 bits per heavy atom. The highest BCUT2D eigenvalue weighted by atomic mass is 19.4. The lowest BCUT2D eigenvalue weighted by Gasteiger charge is -2.10. The number of hydrogen-bond donors (Lipinski definition) is 0. The van der Waals surface area contributed by atoms with E-state index in [2.05, 4.69) is 4.98 Å². The summed E-state index contributed by atoms with van der Waals surface area (Å²) in [7, 11) is 1.50. The zero-order valence-corrected chi connectivity index (χ0v) is 10.6. The molecule has 0 radical (unpaired) electrons. The van der Waals surface area contributed by atoms with Gasteiger partial charge in [0.1, 0.15) is 12.4 Å². The van der Waals surface area contributed by atoms with Gasteiger partial charge in [-0.1, -0.05) is 6.07 Å². The van der Waals surface area contributed by atoms with Gasteiger partial charge in [-0.3, -0.25) is 0 Å². The third kappa shape index (κ3) is 3.63. The van der Waals surface area contributed by atoms with Crippen molar-refractivity contribution in [1.29, 1.82) is 0 Å². The lowest BCUT2D eigenvalue weighted by atomic mass is 10.2. The monoisotopic (exact) mass is 283 g/mol. The molecular formula is C14H12F3NO2. The van der Waals surface area contributed by atoms with E-state index in [-0.39, 0.29) is 12.4 Å². The van der Waals surface area contributed by atoms with Crippen LogP contribution in [0.5, 0.6) is 11.6 Å². The van der Waals surface area contributed by atoms with Crippen LogP contribution in [0, 0.1) is 0 Å². The number of pyridine rings is 1. The third-order valence-corrected chi connectivity index (χ3v) is 2.57. The minimum absolute atomic E-state index is 0.137. The van der Waals surface area contributed by atoms with Crippen LogP contribution in [0.2, 0.25) is 0 Å². The fraction of sp³-hybridized carbons (Fsp3) is 0.214. The number of methoxy groups -OCH3 is 1. The molecular weight excluding hydrogens is 271 g/mol. The maximum Gasteiger partial charge on any atom is 0.416 e. The fourth-order valence-corrected chi connectivity index (χ4v) is 1.55. The highest BCUT2D eigenvalue weighted by Gasteiger charge is 2.30. The van der Waals surface area contributed by atoms with E-state index in [1.54, 1.807) is 18.3 Å². The third-order valence-electron chi connectivity index (χ3n) is 2.57. The number of alkyl halides is 3. The zero-order chi connectivity index (χ0) is 14.6. The summed E-state index contributed by atoms with van der Waals surface area (Å²) in [5.41, 5.74) is 0.00562. The SMILES string of the molecule is COc1ccc(COc2cccc(C(F)(F)F)c2)cn1. The average Bonchev–Trinajstić information content (AvgIpc) is 2.45. The normalized spacial score (nSPS) is 11.2. The van der Waals surface area contributed by atoms with E-state index in [0.29, 0.717) is 5.88 Å². The molecule has 0 bridgehead atoms. The van der Waals surface area contributed by atoms with E-state index < -0.39 is 11.7 Å². The molecule has 0 aliphatic carbocycles. The minimum atomic E-state index is -4.37. The predicted molar refractivity (Wildman–Crippen MR) is 66.6 cm³/mol. The van der Waals surface area contributed by atoms with Crippen molar-refractivity contribution in [2.75, 3.05) is 7.11 Å². The molecule has 2 aromatic rings. The second-order valence-corrected chi connectivity index (χ2v) is 4.02. The van der Waals surface area contributed by atoms with Crippen LogP contribution in [0.4, 0.5) is 13.2 Å². The number of ether oxygens (including phenoxy) is 2. The van der Waals surface area contributed by atoms with E-state index in [9.17, 15) is 13.2 Å². The molecule has 2 rings (SSSR count). The van der Waals surface area contributed by atoms with Crippen molar-refractivity contribution in [3.05, 3.63) is 53.7 Å².